The summed E-state index contributed by atoms with van der Waals surface area (Å²) in [6, 6.07) is 17.2. The predicted molar refractivity (Wildman–Crippen MR) is 159 cm³/mol. The maximum absolute atomic E-state index is 12.5. The first-order chi connectivity index (χ1) is 19.8. The van der Waals surface area contributed by atoms with E-state index in [9.17, 15) is 4.79 Å². The Kier molecular flexibility index (Phi) is 6.88. The van der Waals surface area contributed by atoms with Crippen molar-refractivity contribution in [1.29, 1.82) is 0 Å². The zero-order chi connectivity index (χ0) is 28.6. The van der Waals surface area contributed by atoms with Gasteiger partial charge >= 0.3 is 6.03 Å². The zero-order valence-electron chi connectivity index (χ0n) is 23.3. The maximum atomic E-state index is 12.5. The summed E-state index contributed by atoms with van der Waals surface area (Å²) in [7, 11) is 0. The topological polar surface area (TPSA) is 149 Å². The number of nitrogens with one attached hydrogen (secondary N) is 3. The van der Waals surface area contributed by atoms with Crippen LogP contribution in [-0.4, -0.2) is 44.0 Å². The molecule has 41 heavy (non-hydrogen) atoms. The Morgan fingerprint density at radius 3 is 2.44 bits per heavy atom. The first-order valence-corrected chi connectivity index (χ1v) is 13.7. The van der Waals surface area contributed by atoms with E-state index in [-0.39, 0.29) is 5.41 Å². The summed E-state index contributed by atoms with van der Waals surface area (Å²) in [5, 5.41) is 18.5. The van der Waals surface area contributed by atoms with Crippen LogP contribution >= 0.6 is 0 Å². The molecule has 0 unspecified atom stereocenters. The molecule has 0 atom stereocenters. The van der Waals surface area contributed by atoms with Crippen molar-refractivity contribution < 1.29 is 9.32 Å². The number of amides is 2. The molecule has 5 aromatic rings. The van der Waals surface area contributed by atoms with Crippen molar-refractivity contribution in [2.75, 3.05) is 29.5 Å². The minimum Gasteiger partial charge on any atom is -0.383 e. The van der Waals surface area contributed by atoms with Gasteiger partial charge in [0.25, 0.3) is 0 Å². The first-order valence-electron chi connectivity index (χ1n) is 13.7. The average molecular weight is 552 g/mol. The highest BCUT2D eigenvalue weighted by Crippen LogP contribution is 2.34. The Labute approximate surface area is 237 Å². The molecule has 5 N–H and O–H groups in total. The minimum atomic E-state index is -0.424. The van der Waals surface area contributed by atoms with Crippen molar-refractivity contribution >= 4 is 34.4 Å². The summed E-state index contributed by atoms with van der Waals surface area (Å²) < 4.78 is 7.08. The number of hydrogen-bond acceptors (Lipinski definition) is 8. The van der Waals surface area contributed by atoms with E-state index in [0.717, 1.165) is 42.9 Å². The first kappa shape index (κ1) is 26.5. The lowest BCUT2D eigenvalue weighted by molar-refractivity contribution is 0.262. The molecule has 11 nitrogen and oxygen atoms in total. The summed E-state index contributed by atoms with van der Waals surface area (Å²) >= 11 is 0. The van der Waals surface area contributed by atoms with Gasteiger partial charge in [0, 0.05) is 22.7 Å². The standard InChI is InChI=1S/C30H33N9O2/c1-30(2,3)23-16-24(38-41-23)36-29(40)35-21-8-10-22(11-9-21)39-28-25(27(31)33-17-34-28)26(37-39)20-6-4-18(5-7-20)19-12-14-32-15-13-19/h4-11,16-17,19,32H,12-15H2,1-3H3,(H2,31,33,34)(H2,35,36,38,40). The van der Waals surface area contributed by atoms with Crippen molar-refractivity contribution in [1.82, 2.24) is 30.2 Å². The Balaban J connectivity index is 1.23. The van der Waals surface area contributed by atoms with Gasteiger partial charge in [-0.2, -0.15) is 5.10 Å². The van der Waals surface area contributed by atoms with Crippen molar-refractivity contribution in [2.45, 2.75) is 44.9 Å². The molecule has 1 aliphatic heterocycles. The Bertz CT molecular complexity index is 1680. The van der Waals surface area contributed by atoms with Gasteiger partial charge in [0.1, 0.15) is 23.6 Å². The smallest absolute Gasteiger partial charge is 0.324 e. The van der Waals surface area contributed by atoms with Gasteiger partial charge < -0.3 is 20.9 Å². The highest BCUT2D eigenvalue weighted by atomic mass is 16.5. The summed E-state index contributed by atoms with van der Waals surface area (Å²) in [6.45, 7) is 8.13. The second-order valence-corrected chi connectivity index (χ2v) is 11.3. The Hall–Kier alpha value is -4.77. The summed E-state index contributed by atoms with van der Waals surface area (Å²) in [4.78, 5) is 21.3. The third-order valence-corrected chi connectivity index (χ3v) is 7.35. The van der Waals surface area contributed by atoms with Crippen molar-refractivity contribution in [3.8, 4) is 16.9 Å². The van der Waals surface area contributed by atoms with E-state index in [2.05, 4.69) is 55.3 Å². The van der Waals surface area contributed by atoms with Crippen LogP contribution in [-0.2, 0) is 5.41 Å². The van der Waals surface area contributed by atoms with Gasteiger partial charge in [-0.25, -0.2) is 19.4 Å². The SMILES string of the molecule is CC(C)(C)c1cc(NC(=O)Nc2ccc(-n3nc(-c4ccc(C5CCNCC5)cc4)c4c(N)ncnc43)cc2)no1. The number of rotatable bonds is 5. The number of carbonyl (C=O) groups excluding carboxylic acids is 1. The largest absolute Gasteiger partial charge is 0.383 e. The van der Waals surface area contributed by atoms with Gasteiger partial charge in [-0.3, -0.25) is 5.32 Å². The molecule has 11 heteroatoms. The van der Waals surface area contributed by atoms with Gasteiger partial charge in [-0.05, 0) is 61.7 Å². The fourth-order valence-electron chi connectivity index (χ4n) is 5.08. The second kappa shape index (κ2) is 10.7. The number of nitrogens with zero attached hydrogens (tertiary/aromatic N) is 5. The third-order valence-electron chi connectivity index (χ3n) is 7.35. The van der Waals surface area contributed by atoms with Crippen LogP contribution in [0.2, 0.25) is 0 Å². The van der Waals surface area contributed by atoms with Gasteiger partial charge in [-0.1, -0.05) is 50.2 Å². The predicted octanol–water partition coefficient (Wildman–Crippen LogP) is 5.46. The van der Waals surface area contributed by atoms with E-state index >= 15 is 0 Å². The molecule has 2 aromatic carbocycles. The summed E-state index contributed by atoms with van der Waals surface area (Å²) in [6.07, 6.45) is 3.72. The highest BCUT2D eigenvalue weighted by Gasteiger charge is 2.21. The zero-order valence-corrected chi connectivity index (χ0v) is 23.3. The second-order valence-electron chi connectivity index (χ2n) is 11.3. The summed E-state index contributed by atoms with van der Waals surface area (Å²) in [5.41, 5.74) is 11.1. The summed E-state index contributed by atoms with van der Waals surface area (Å²) in [5.74, 6) is 1.97. The molecule has 4 heterocycles. The Morgan fingerprint density at radius 1 is 1.02 bits per heavy atom. The molecule has 0 aliphatic carbocycles. The van der Waals surface area contributed by atoms with Crippen molar-refractivity contribution in [3.05, 3.63) is 72.2 Å². The Morgan fingerprint density at radius 2 is 1.76 bits per heavy atom. The van der Waals surface area contributed by atoms with Gasteiger partial charge in [-0.15, -0.1) is 0 Å². The lowest BCUT2D eigenvalue weighted by atomic mass is 9.89. The number of aromatic nitrogens is 5. The maximum Gasteiger partial charge on any atom is 0.324 e. The fourth-order valence-corrected chi connectivity index (χ4v) is 5.08. The number of benzene rings is 2. The van der Waals surface area contributed by atoms with E-state index in [1.807, 2.05) is 32.9 Å². The highest BCUT2D eigenvalue weighted by molar-refractivity contribution is 6.00. The lowest BCUT2D eigenvalue weighted by Gasteiger charge is -2.23. The molecular weight excluding hydrogens is 518 g/mol. The molecule has 1 saturated heterocycles. The normalized spacial score (nSPS) is 14.3. The third kappa shape index (κ3) is 5.48. The molecule has 2 amide bonds. The average Bonchev–Trinajstić information content (AvgIpc) is 3.60. The van der Waals surface area contributed by atoms with Gasteiger partial charge in [0.05, 0.1) is 11.1 Å². The van der Waals surface area contributed by atoms with Crippen LogP contribution in [0.15, 0.2) is 65.4 Å². The van der Waals surface area contributed by atoms with Crippen LogP contribution in [0.1, 0.15) is 50.9 Å². The lowest BCUT2D eigenvalue weighted by Crippen LogP contribution is -2.26. The molecule has 0 bridgehead atoms. The number of anilines is 3. The number of hydrogen-bond donors (Lipinski definition) is 4. The number of nitrogen functional groups attached to an aromatic ring is 1. The molecular formula is C30H33N9O2. The van der Waals surface area contributed by atoms with Crippen LogP contribution < -0.4 is 21.7 Å². The van der Waals surface area contributed by atoms with E-state index in [4.69, 9.17) is 15.4 Å². The van der Waals surface area contributed by atoms with Gasteiger partial charge in [0.15, 0.2) is 11.5 Å². The van der Waals surface area contributed by atoms with Crippen LogP contribution in [0.5, 0.6) is 0 Å². The van der Waals surface area contributed by atoms with Crippen molar-refractivity contribution in [2.24, 2.45) is 0 Å². The molecule has 210 valence electrons. The molecule has 0 radical (unpaired) electrons. The molecule has 0 saturated carbocycles. The molecule has 3 aromatic heterocycles. The van der Waals surface area contributed by atoms with Crippen LogP contribution in [0.4, 0.5) is 22.1 Å². The fraction of sp³-hybridized carbons (Fsp3) is 0.300. The molecule has 6 rings (SSSR count). The van der Waals surface area contributed by atoms with E-state index in [1.54, 1.807) is 22.9 Å². The quantitative estimate of drug-likeness (QED) is 0.225. The number of urea groups is 1. The monoisotopic (exact) mass is 551 g/mol. The minimum absolute atomic E-state index is 0.207. The number of carbonyl (C=O) groups is 1. The van der Waals surface area contributed by atoms with E-state index in [1.165, 1.54) is 11.9 Å². The van der Waals surface area contributed by atoms with Gasteiger partial charge in [0.2, 0.25) is 0 Å². The van der Waals surface area contributed by atoms with E-state index < -0.39 is 6.03 Å². The number of fused-ring (bicyclic) bond motifs is 1. The van der Waals surface area contributed by atoms with E-state index in [0.29, 0.717) is 40.0 Å². The molecule has 0 spiro atoms. The number of nitrogens with two attached hydrogens (primary N) is 1. The van der Waals surface area contributed by atoms with Crippen LogP contribution in [0, 0.1) is 0 Å². The molecule has 1 aliphatic rings. The molecule has 1 fully saturated rings. The van der Waals surface area contributed by atoms with Crippen molar-refractivity contribution in [3.63, 3.8) is 0 Å². The number of piperidine rings is 1. The van der Waals surface area contributed by atoms with Crippen LogP contribution in [0.25, 0.3) is 28.0 Å². The van der Waals surface area contributed by atoms with Crippen LogP contribution in [0.3, 0.4) is 0 Å².